The first-order valence-electron chi connectivity index (χ1n) is 8.65. The van der Waals surface area contributed by atoms with E-state index in [1.54, 1.807) is 11.8 Å². The zero-order valence-electron chi connectivity index (χ0n) is 15.0. The minimum absolute atomic E-state index is 0.0356. The first kappa shape index (κ1) is 18.5. The third kappa shape index (κ3) is 4.39. The number of likely N-dealkylation sites (tertiary alicyclic amines) is 1. The first-order chi connectivity index (χ1) is 11.2. The second kappa shape index (κ2) is 7.40. The Morgan fingerprint density at radius 2 is 1.92 bits per heavy atom. The molecule has 0 saturated carbocycles. The lowest BCUT2D eigenvalue weighted by Crippen LogP contribution is -2.50. The number of amides is 2. The molecule has 2 saturated heterocycles. The number of nitrogens with one attached hydrogen (secondary N) is 1. The molecule has 3 atom stereocenters. The molecule has 0 spiro atoms. The van der Waals surface area contributed by atoms with Crippen LogP contribution in [0.2, 0.25) is 0 Å². The monoisotopic (exact) mass is 340 g/mol. The van der Waals surface area contributed by atoms with Crippen LogP contribution >= 0.6 is 0 Å². The van der Waals surface area contributed by atoms with Crippen molar-refractivity contribution in [3.05, 3.63) is 0 Å². The van der Waals surface area contributed by atoms with Gasteiger partial charge in [-0.2, -0.15) is 0 Å². The van der Waals surface area contributed by atoms with Gasteiger partial charge in [0.05, 0.1) is 12.5 Å². The first-order valence-corrected chi connectivity index (χ1v) is 8.65. The van der Waals surface area contributed by atoms with E-state index in [2.05, 4.69) is 5.32 Å². The molecule has 1 N–H and O–H groups in total. The van der Waals surface area contributed by atoms with Crippen LogP contribution in [0, 0.1) is 17.8 Å². The molecule has 7 nitrogen and oxygen atoms in total. The van der Waals surface area contributed by atoms with E-state index in [0.29, 0.717) is 39.1 Å². The molecule has 2 heterocycles. The summed E-state index contributed by atoms with van der Waals surface area (Å²) in [6.45, 7) is 8.83. The third-order valence-electron chi connectivity index (χ3n) is 4.55. The van der Waals surface area contributed by atoms with E-state index in [9.17, 15) is 14.4 Å². The van der Waals surface area contributed by atoms with Crippen molar-refractivity contribution in [1.29, 1.82) is 0 Å². The lowest BCUT2D eigenvalue weighted by molar-refractivity contribution is -0.153. The van der Waals surface area contributed by atoms with Gasteiger partial charge in [-0.25, -0.2) is 4.79 Å². The Balaban J connectivity index is 2.08. The number of nitrogens with zero attached hydrogens (tertiary/aromatic N) is 1. The molecule has 2 aliphatic heterocycles. The Hall–Kier alpha value is -1.79. The van der Waals surface area contributed by atoms with Gasteiger partial charge in [0, 0.05) is 25.6 Å². The van der Waals surface area contributed by atoms with Crippen LogP contribution in [-0.4, -0.2) is 54.7 Å². The molecular formula is C17H28N2O5. The lowest BCUT2D eigenvalue weighted by atomic mass is 9.75. The van der Waals surface area contributed by atoms with Gasteiger partial charge in [0.25, 0.3) is 0 Å². The van der Waals surface area contributed by atoms with Crippen LogP contribution in [0.15, 0.2) is 0 Å². The SMILES string of the molecule is CCOC(=O)[C@H]1CNC(=O)[C@H]2CCN(C(=O)OC(C)(C)C)CC[C@H]21. The summed E-state index contributed by atoms with van der Waals surface area (Å²) in [6.07, 6.45) is 0.765. The van der Waals surface area contributed by atoms with E-state index in [-0.39, 0.29) is 35.7 Å². The van der Waals surface area contributed by atoms with Crippen LogP contribution < -0.4 is 5.32 Å². The van der Waals surface area contributed by atoms with Crippen LogP contribution in [-0.2, 0) is 19.1 Å². The maximum Gasteiger partial charge on any atom is 0.410 e. The number of hydrogen-bond acceptors (Lipinski definition) is 5. The summed E-state index contributed by atoms with van der Waals surface area (Å²) in [7, 11) is 0. The Kier molecular flexibility index (Phi) is 5.72. The molecule has 0 aromatic heterocycles. The van der Waals surface area contributed by atoms with Crippen molar-refractivity contribution >= 4 is 18.0 Å². The molecule has 24 heavy (non-hydrogen) atoms. The summed E-state index contributed by atoms with van der Waals surface area (Å²) in [5, 5.41) is 2.81. The number of hydrogen-bond donors (Lipinski definition) is 1. The van der Waals surface area contributed by atoms with Crippen LogP contribution in [0.1, 0.15) is 40.5 Å². The third-order valence-corrected chi connectivity index (χ3v) is 4.55. The Morgan fingerprint density at radius 3 is 2.54 bits per heavy atom. The van der Waals surface area contributed by atoms with Gasteiger partial charge in [-0.3, -0.25) is 9.59 Å². The summed E-state index contributed by atoms with van der Waals surface area (Å²) >= 11 is 0. The molecule has 2 amide bonds. The molecule has 0 aromatic carbocycles. The minimum Gasteiger partial charge on any atom is -0.466 e. The van der Waals surface area contributed by atoms with Crippen LogP contribution in [0.3, 0.4) is 0 Å². The van der Waals surface area contributed by atoms with Gasteiger partial charge in [0.2, 0.25) is 5.91 Å². The second-order valence-electron chi connectivity index (χ2n) is 7.42. The molecule has 0 aromatic rings. The lowest BCUT2D eigenvalue weighted by Gasteiger charge is -2.35. The van der Waals surface area contributed by atoms with Crippen molar-refractivity contribution in [2.45, 2.75) is 46.1 Å². The average Bonchev–Trinajstić information content (AvgIpc) is 2.69. The number of piperidine rings is 1. The molecule has 2 fully saturated rings. The van der Waals surface area contributed by atoms with Gasteiger partial charge in [-0.15, -0.1) is 0 Å². The fraction of sp³-hybridized carbons (Fsp3) is 0.824. The van der Waals surface area contributed by atoms with Crippen LogP contribution in [0.4, 0.5) is 4.79 Å². The van der Waals surface area contributed by atoms with E-state index >= 15 is 0 Å². The highest BCUT2D eigenvalue weighted by atomic mass is 16.6. The number of fused-ring (bicyclic) bond motifs is 1. The summed E-state index contributed by atoms with van der Waals surface area (Å²) in [6, 6.07) is 0. The molecule has 0 bridgehead atoms. The quantitative estimate of drug-likeness (QED) is 0.771. The summed E-state index contributed by atoms with van der Waals surface area (Å²) in [4.78, 5) is 38.3. The fourth-order valence-electron chi connectivity index (χ4n) is 3.44. The molecule has 0 radical (unpaired) electrons. The topological polar surface area (TPSA) is 84.9 Å². The molecule has 0 unspecified atom stereocenters. The van der Waals surface area contributed by atoms with Crippen molar-refractivity contribution in [3.8, 4) is 0 Å². The second-order valence-corrected chi connectivity index (χ2v) is 7.42. The minimum atomic E-state index is -0.555. The molecule has 136 valence electrons. The highest BCUT2D eigenvalue weighted by Crippen LogP contribution is 2.34. The van der Waals surface area contributed by atoms with E-state index in [4.69, 9.17) is 9.47 Å². The van der Waals surface area contributed by atoms with Gasteiger partial charge in [0.1, 0.15) is 5.60 Å². The predicted molar refractivity (Wildman–Crippen MR) is 87.2 cm³/mol. The van der Waals surface area contributed by atoms with Gasteiger partial charge in [-0.1, -0.05) is 0 Å². The molecule has 0 aliphatic carbocycles. The molecular weight excluding hydrogens is 312 g/mol. The van der Waals surface area contributed by atoms with Gasteiger partial charge in [0.15, 0.2) is 0 Å². The van der Waals surface area contributed by atoms with Crippen LogP contribution in [0.25, 0.3) is 0 Å². The zero-order valence-corrected chi connectivity index (χ0v) is 15.0. The number of carbonyl (C=O) groups is 3. The molecule has 2 rings (SSSR count). The smallest absolute Gasteiger partial charge is 0.410 e. The fourth-order valence-corrected chi connectivity index (χ4v) is 3.44. The van der Waals surface area contributed by atoms with Gasteiger partial charge < -0.3 is 19.7 Å². The van der Waals surface area contributed by atoms with Crippen molar-refractivity contribution in [3.63, 3.8) is 0 Å². The predicted octanol–water partition coefficient (Wildman–Crippen LogP) is 1.56. The zero-order chi connectivity index (χ0) is 17.9. The van der Waals surface area contributed by atoms with Gasteiger partial charge >= 0.3 is 12.1 Å². The number of carbonyl (C=O) groups excluding carboxylic acids is 3. The summed E-state index contributed by atoms with van der Waals surface area (Å²) in [5.74, 6) is -0.998. The Bertz CT molecular complexity index is 500. The highest BCUT2D eigenvalue weighted by Gasteiger charge is 2.44. The van der Waals surface area contributed by atoms with Crippen molar-refractivity contribution in [2.75, 3.05) is 26.2 Å². The van der Waals surface area contributed by atoms with Crippen molar-refractivity contribution in [1.82, 2.24) is 10.2 Å². The van der Waals surface area contributed by atoms with E-state index in [0.717, 1.165) is 0 Å². The normalized spacial score (nSPS) is 27.6. The standard InChI is InChI=1S/C17H28N2O5/c1-5-23-15(21)13-10-18-14(20)12-7-9-19(8-6-11(12)13)16(22)24-17(2,3)4/h11-13H,5-10H2,1-4H3,(H,18,20)/t11-,12+,13+/m1/s1. The van der Waals surface area contributed by atoms with E-state index < -0.39 is 5.60 Å². The Labute approximate surface area is 143 Å². The summed E-state index contributed by atoms with van der Waals surface area (Å²) in [5.41, 5.74) is -0.555. The number of ether oxygens (including phenoxy) is 2. The molecule has 2 aliphatic rings. The maximum atomic E-state index is 12.3. The van der Waals surface area contributed by atoms with E-state index in [1.165, 1.54) is 0 Å². The highest BCUT2D eigenvalue weighted by molar-refractivity contribution is 5.84. The average molecular weight is 340 g/mol. The van der Waals surface area contributed by atoms with Gasteiger partial charge in [-0.05, 0) is 46.5 Å². The number of esters is 1. The summed E-state index contributed by atoms with van der Waals surface area (Å²) < 4.78 is 10.6. The largest absolute Gasteiger partial charge is 0.466 e. The van der Waals surface area contributed by atoms with Crippen LogP contribution in [0.5, 0.6) is 0 Å². The van der Waals surface area contributed by atoms with E-state index in [1.807, 2.05) is 20.8 Å². The van der Waals surface area contributed by atoms with Crippen molar-refractivity contribution in [2.24, 2.45) is 17.8 Å². The maximum absolute atomic E-state index is 12.3. The number of rotatable bonds is 2. The Morgan fingerprint density at radius 1 is 1.25 bits per heavy atom. The molecule has 7 heteroatoms. The van der Waals surface area contributed by atoms with Crippen molar-refractivity contribution < 1.29 is 23.9 Å².